The number of nitrogens with two attached hydrogens (primary N) is 2. The molecule has 7 N–H and O–H groups in total. The summed E-state index contributed by atoms with van der Waals surface area (Å²) in [4.78, 5) is 21.9. The van der Waals surface area contributed by atoms with Gasteiger partial charge < -0.3 is 26.4 Å². The van der Waals surface area contributed by atoms with E-state index in [2.05, 4.69) is 15.0 Å². The zero-order valence-corrected chi connectivity index (χ0v) is 10.3. The topological polar surface area (TPSA) is 165 Å². The van der Waals surface area contributed by atoms with Crippen LogP contribution in [0.25, 0.3) is 11.2 Å². The lowest BCUT2D eigenvalue weighted by molar-refractivity contribution is -0.0437. The highest BCUT2D eigenvalue weighted by atomic mass is 16.5. The summed E-state index contributed by atoms with van der Waals surface area (Å²) >= 11 is 0. The summed E-state index contributed by atoms with van der Waals surface area (Å²) in [6.07, 6.45) is -1.28. The first-order chi connectivity index (χ1) is 9.52. The molecule has 0 aliphatic carbocycles. The number of rotatable bonds is 2. The van der Waals surface area contributed by atoms with Gasteiger partial charge in [-0.1, -0.05) is 0 Å². The summed E-state index contributed by atoms with van der Waals surface area (Å²) < 4.78 is 6.89. The van der Waals surface area contributed by atoms with Crippen molar-refractivity contribution in [3.05, 3.63) is 16.7 Å². The number of aromatic amines is 1. The van der Waals surface area contributed by atoms with Gasteiger partial charge in [0.15, 0.2) is 17.4 Å². The maximum absolute atomic E-state index is 11.7. The minimum Gasteiger partial charge on any atom is -0.394 e. The number of ether oxygens (including phenoxy) is 1. The number of imidazole rings is 1. The van der Waals surface area contributed by atoms with Crippen molar-refractivity contribution in [2.75, 3.05) is 12.3 Å². The van der Waals surface area contributed by atoms with Crippen LogP contribution in [0.2, 0.25) is 0 Å². The monoisotopic (exact) mass is 282 g/mol. The number of nitrogens with zero attached hydrogens (tertiary/aromatic N) is 3. The highest BCUT2D eigenvalue weighted by molar-refractivity contribution is 5.70. The summed E-state index contributed by atoms with van der Waals surface area (Å²) in [5, 5.41) is 19.0. The SMILES string of the molecule is Nc1nc2c(ncn2[C@@H]2O[C@H](CO)[C@@H](O)[C@H]2N)c(=O)[nH]1. The number of aliphatic hydroxyl groups is 2. The van der Waals surface area contributed by atoms with Gasteiger partial charge in [-0.05, 0) is 0 Å². The van der Waals surface area contributed by atoms with Crippen LogP contribution < -0.4 is 17.0 Å². The van der Waals surface area contributed by atoms with E-state index < -0.39 is 30.0 Å². The summed E-state index contributed by atoms with van der Waals surface area (Å²) in [7, 11) is 0. The van der Waals surface area contributed by atoms with Gasteiger partial charge in [0, 0.05) is 0 Å². The Morgan fingerprint density at radius 2 is 2.30 bits per heavy atom. The van der Waals surface area contributed by atoms with Crippen molar-refractivity contribution in [1.82, 2.24) is 19.5 Å². The molecule has 0 amide bonds. The van der Waals surface area contributed by atoms with Crippen LogP contribution in [0.3, 0.4) is 0 Å². The number of nitrogens with one attached hydrogen (secondary N) is 1. The molecule has 3 heterocycles. The molecule has 0 saturated carbocycles. The lowest BCUT2D eigenvalue weighted by Crippen LogP contribution is -2.39. The van der Waals surface area contributed by atoms with Crippen LogP contribution in [0.1, 0.15) is 6.23 Å². The number of fused-ring (bicyclic) bond motifs is 1. The van der Waals surface area contributed by atoms with Crippen molar-refractivity contribution in [2.24, 2.45) is 5.73 Å². The van der Waals surface area contributed by atoms with Crippen molar-refractivity contribution in [1.29, 1.82) is 0 Å². The summed E-state index contributed by atoms with van der Waals surface area (Å²) in [6, 6.07) is -0.785. The molecule has 1 fully saturated rings. The lowest BCUT2D eigenvalue weighted by atomic mass is 10.1. The molecule has 2 aromatic rings. The molecule has 1 aliphatic heterocycles. The molecule has 0 unspecified atom stereocenters. The first-order valence-electron chi connectivity index (χ1n) is 5.95. The molecule has 108 valence electrons. The van der Waals surface area contributed by atoms with Gasteiger partial charge in [-0.2, -0.15) is 4.98 Å². The highest BCUT2D eigenvalue weighted by Crippen LogP contribution is 2.29. The third-order valence-corrected chi connectivity index (χ3v) is 3.32. The maximum Gasteiger partial charge on any atom is 0.280 e. The quantitative estimate of drug-likeness (QED) is 0.396. The van der Waals surface area contributed by atoms with Crippen LogP contribution in [-0.4, -0.2) is 54.6 Å². The second kappa shape index (κ2) is 4.52. The number of nitrogen functional groups attached to an aromatic ring is 1. The number of H-pyrrole nitrogens is 1. The summed E-state index contributed by atoms with van der Waals surface area (Å²) in [6.45, 7) is -0.367. The fourth-order valence-electron chi connectivity index (χ4n) is 2.30. The van der Waals surface area contributed by atoms with Gasteiger partial charge in [0.1, 0.15) is 12.2 Å². The minimum atomic E-state index is -1.03. The van der Waals surface area contributed by atoms with E-state index in [0.29, 0.717) is 0 Å². The van der Waals surface area contributed by atoms with E-state index in [4.69, 9.17) is 21.3 Å². The third kappa shape index (κ3) is 1.78. The van der Waals surface area contributed by atoms with Gasteiger partial charge >= 0.3 is 0 Å². The molecular formula is C10H14N6O4. The molecule has 0 bridgehead atoms. The summed E-state index contributed by atoms with van der Waals surface area (Å²) in [5.74, 6) is -0.0601. The Morgan fingerprint density at radius 1 is 1.55 bits per heavy atom. The standard InChI is InChI=1S/C10H14N6O4/c11-4-6(18)3(1-17)20-9(4)16-2-13-5-7(16)14-10(12)15-8(5)19/h2-4,6,9,17-18H,1,11H2,(H3,12,14,15,19)/t3-,4-,6-,9-/m1/s1. The van der Waals surface area contributed by atoms with Crippen molar-refractivity contribution >= 4 is 17.1 Å². The van der Waals surface area contributed by atoms with E-state index in [1.54, 1.807) is 0 Å². The predicted octanol–water partition coefficient (Wildman–Crippen LogP) is -2.72. The van der Waals surface area contributed by atoms with Gasteiger partial charge in [0.05, 0.1) is 19.0 Å². The largest absolute Gasteiger partial charge is 0.394 e. The Balaban J connectivity index is 2.09. The van der Waals surface area contributed by atoms with E-state index in [-0.39, 0.29) is 23.7 Å². The molecule has 3 rings (SSSR count). The molecule has 10 heteroatoms. The average molecular weight is 282 g/mol. The third-order valence-electron chi connectivity index (χ3n) is 3.32. The van der Waals surface area contributed by atoms with Gasteiger partial charge in [-0.15, -0.1) is 0 Å². The van der Waals surface area contributed by atoms with E-state index in [0.717, 1.165) is 0 Å². The van der Waals surface area contributed by atoms with E-state index in [9.17, 15) is 9.90 Å². The number of hydrogen-bond acceptors (Lipinski definition) is 8. The molecule has 0 radical (unpaired) electrons. The molecule has 1 saturated heterocycles. The van der Waals surface area contributed by atoms with Gasteiger partial charge in [0.25, 0.3) is 5.56 Å². The van der Waals surface area contributed by atoms with Gasteiger partial charge in [-0.3, -0.25) is 14.3 Å². The Morgan fingerprint density at radius 3 is 2.95 bits per heavy atom. The molecule has 1 aliphatic rings. The Hall–Kier alpha value is -2.01. The zero-order valence-electron chi connectivity index (χ0n) is 10.3. The molecular weight excluding hydrogens is 268 g/mol. The van der Waals surface area contributed by atoms with Crippen molar-refractivity contribution < 1.29 is 14.9 Å². The normalized spacial score (nSPS) is 30.1. The van der Waals surface area contributed by atoms with Crippen molar-refractivity contribution in [2.45, 2.75) is 24.5 Å². The first kappa shape index (κ1) is 13.0. The molecule has 10 nitrogen and oxygen atoms in total. The predicted molar refractivity (Wildman–Crippen MR) is 67.5 cm³/mol. The highest BCUT2D eigenvalue weighted by Gasteiger charge is 2.42. The number of anilines is 1. The second-order valence-corrected chi connectivity index (χ2v) is 4.59. The van der Waals surface area contributed by atoms with Crippen LogP contribution in [0.4, 0.5) is 5.95 Å². The molecule has 0 aromatic carbocycles. The van der Waals surface area contributed by atoms with Crippen LogP contribution in [0.15, 0.2) is 11.1 Å². The van der Waals surface area contributed by atoms with Crippen LogP contribution >= 0.6 is 0 Å². The van der Waals surface area contributed by atoms with Crippen LogP contribution in [0.5, 0.6) is 0 Å². The average Bonchev–Trinajstić information content (AvgIpc) is 2.93. The Labute approximate surface area is 112 Å². The number of aliphatic hydroxyl groups excluding tert-OH is 2. The first-order valence-corrected chi connectivity index (χ1v) is 5.95. The smallest absolute Gasteiger partial charge is 0.280 e. The van der Waals surface area contributed by atoms with E-state index in [1.165, 1.54) is 10.9 Å². The lowest BCUT2D eigenvalue weighted by Gasteiger charge is -2.17. The molecule has 4 atom stereocenters. The number of hydrogen-bond donors (Lipinski definition) is 5. The molecule has 20 heavy (non-hydrogen) atoms. The van der Waals surface area contributed by atoms with Crippen LogP contribution in [-0.2, 0) is 4.74 Å². The van der Waals surface area contributed by atoms with Gasteiger partial charge in [-0.25, -0.2) is 4.98 Å². The van der Waals surface area contributed by atoms with Crippen molar-refractivity contribution in [3.63, 3.8) is 0 Å². The van der Waals surface area contributed by atoms with E-state index >= 15 is 0 Å². The minimum absolute atomic E-state index is 0.0601. The fraction of sp³-hybridized carbons (Fsp3) is 0.500. The maximum atomic E-state index is 11.7. The summed E-state index contributed by atoms with van der Waals surface area (Å²) in [5.41, 5.74) is 11.2. The Kier molecular flexibility index (Phi) is 2.94. The fourth-order valence-corrected chi connectivity index (χ4v) is 2.30. The second-order valence-electron chi connectivity index (χ2n) is 4.59. The van der Waals surface area contributed by atoms with Gasteiger partial charge in [0.2, 0.25) is 5.95 Å². The van der Waals surface area contributed by atoms with Crippen molar-refractivity contribution in [3.8, 4) is 0 Å². The molecule has 2 aromatic heterocycles. The van der Waals surface area contributed by atoms with Crippen LogP contribution in [0, 0.1) is 0 Å². The zero-order chi connectivity index (χ0) is 14.4. The number of aromatic nitrogens is 4. The Bertz CT molecular complexity index is 697. The molecule has 0 spiro atoms. The van der Waals surface area contributed by atoms with E-state index in [1.807, 2.05) is 0 Å².